The lowest BCUT2D eigenvalue weighted by Gasteiger charge is -2.12. The molecule has 0 radical (unpaired) electrons. The normalized spacial score (nSPS) is 11.8. The van der Waals surface area contributed by atoms with E-state index in [0.29, 0.717) is 10.8 Å². The first-order valence-electron chi connectivity index (χ1n) is 7.68. The van der Waals surface area contributed by atoms with Gasteiger partial charge >= 0.3 is 5.97 Å². The van der Waals surface area contributed by atoms with Crippen molar-refractivity contribution in [3.05, 3.63) is 53.3 Å². The first kappa shape index (κ1) is 18.0. The summed E-state index contributed by atoms with van der Waals surface area (Å²) in [4.78, 5) is 28.0. The monoisotopic (exact) mass is 344 g/mol. The Hall–Kier alpha value is -2.34. The maximum atomic E-state index is 12.3. The Kier molecular flexibility index (Phi) is 5.98. The van der Waals surface area contributed by atoms with Gasteiger partial charge in [0.15, 0.2) is 0 Å². The highest BCUT2D eigenvalue weighted by atomic mass is 32.2. The zero-order chi connectivity index (χ0) is 17.7. The van der Waals surface area contributed by atoms with Crippen LogP contribution in [0.3, 0.4) is 0 Å². The van der Waals surface area contributed by atoms with E-state index in [2.05, 4.69) is 30.2 Å². The summed E-state index contributed by atoms with van der Waals surface area (Å²) in [6, 6.07) is 8.70. The lowest BCUT2D eigenvalue weighted by Crippen LogP contribution is -2.13. The minimum absolute atomic E-state index is 0.0887. The van der Waals surface area contributed by atoms with Gasteiger partial charge < -0.3 is 10.4 Å². The maximum absolute atomic E-state index is 12.3. The van der Waals surface area contributed by atoms with E-state index in [0.717, 1.165) is 17.7 Å². The van der Waals surface area contributed by atoms with Crippen LogP contribution in [0.25, 0.3) is 0 Å². The number of aromatic carboxylic acids is 1. The Morgan fingerprint density at radius 3 is 2.58 bits per heavy atom. The zero-order valence-electron chi connectivity index (χ0n) is 13.9. The van der Waals surface area contributed by atoms with Crippen molar-refractivity contribution in [2.45, 2.75) is 37.3 Å². The summed E-state index contributed by atoms with van der Waals surface area (Å²) in [5, 5.41) is 12.2. The first-order chi connectivity index (χ1) is 11.4. The molecule has 1 heterocycles. The van der Waals surface area contributed by atoms with E-state index >= 15 is 0 Å². The highest BCUT2D eigenvalue weighted by Gasteiger charge is 2.11. The highest BCUT2D eigenvalue weighted by Crippen LogP contribution is 2.28. The number of nitrogens with zero attached hydrogens (tertiary/aromatic N) is 1. The molecule has 0 aliphatic carbocycles. The molecule has 2 N–H and O–H groups in total. The van der Waals surface area contributed by atoms with Crippen LogP contribution in [0.2, 0.25) is 0 Å². The van der Waals surface area contributed by atoms with Gasteiger partial charge in [0.25, 0.3) is 5.91 Å². The molecule has 0 fully saturated rings. The van der Waals surface area contributed by atoms with E-state index < -0.39 is 5.97 Å². The van der Waals surface area contributed by atoms with Crippen LogP contribution in [-0.2, 0) is 0 Å². The zero-order valence-corrected chi connectivity index (χ0v) is 14.7. The number of thioether (sulfide) groups is 1. The van der Waals surface area contributed by atoms with Crippen molar-refractivity contribution in [1.82, 2.24) is 4.98 Å². The highest BCUT2D eigenvalue weighted by molar-refractivity contribution is 7.99. The standard InChI is InChI=1S/C18H20N2O3S/c1-4-12(3)24-14-6-8-15(11(2)9-14)20-17(21)13-5-7-16(18(22)23)19-10-13/h5-10,12H,4H2,1-3H3,(H,20,21)(H,22,23). The topological polar surface area (TPSA) is 79.3 Å². The van der Waals surface area contributed by atoms with Crippen molar-refractivity contribution in [1.29, 1.82) is 0 Å². The van der Waals surface area contributed by atoms with Crippen molar-refractivity contribution in [2.75, 3.05) is 5.32 Å². The van der Waals surface area contributed by atoms with Crippen LogP contribution < -0.4 is 5.32 Å². The van der Waals surface area contributed by atoms with Crippen LogP contribution in [-0.4, -0.2) is 27.2 Å². The lowest BCUT2D eigenvalue weighted by molar-refractivity contribution is 0.0690. The van der Waals surface area contributed by atoms with Gasteiger partial charge in [0.1, 0.15) is 5.69 Å². The molecule has 1 unspecified atom stereocenters. The molecule has 0 aliphatic heterocycles. The Balaban J connectivity index is 2.09. The third-order valence-corrected chi connectivity index (χ3v) is 4.86. The summed E-state index contributed by atoms with van der Waals surface area (Å²) in [7, 11) is 0. The number of carboxylic acids is 1. The maximum Gasteiger partial charge on any atom is 0.354 e. The van der Waals surface area contributed by atoms with E-state index in [4.69, 9.17) is 5.11 Å². The molecule has 126 valence electrons. The number of rotatable bonds is 6. The summed E-state index contributed by atoms with van der Waals surface area (Å²) < 4.78 is 0. The number of carbonyl (C=O) groups is 2. The second-order valence-electron chi connectivity index (χ2n) is 5.50. The average Bonchev–Trinajstić information content (AvgIpc) is 2.57. The van der Waals surface area contributed by atoms with Crippen molar-refractivity contribution in [3.63, 3.8) is 0 Å². The van der Waals surface area contributed by atoms with Gasteiger partial charge in [0.05, 0.1) is 5.56 Å². The Bertz CT molecular complexity index is 744. The number of nitrogens with one attached hydrogen (secondary N) is 1. The Labute approximate surface area is 145 Å². The third kappa shape index (κ3) is 4.58. The number of aromatic nitrogens is 1. The number of carboxylic acid groups (broad SMARTS) is 1. The van der Waals surface area contributed by atoms with Gasteiger partial charge in [-0.05, 0) is 49.2 Å². The van der Waals surface area contributed by atoms with Crippen molar-refractivity contribution in [2.24, 2.45) is 0 Å². The van der Waals surface area contributed by atoms with Gasteiger partial charge in [-0.15, -0.1) is 11.8 Å². The molecule has 2 rings (SSSR count). The molecule has 0 aliphatic rings. The number of hydrogen-bond acceptors (Lipinski definition) is 4. The second kappa shape index (κ2) is 7.97. The fraction of sp³-hybridized carbons (Fsp3) is 0.278. The lowest BCUT2D eigenvalue weighted by atomic mass is 10.2. The summed E-state index contributed by atoms with van der Waals surface area (Å²) in [6.45, 7) is 6.29. The van der Waals surface area contributed by atoms with Gasteiger partial charge in [-0.3, -0.25) is 4.79 Å². The number of pyridine rings is 1. The van der Waals surface area contributed by atoms with Crippen LogP contribution >= 0.6 is 11.8 Å². The molecule has 1 atom stereocenters. The minimum atomic E-state index is -1.12. The number of carbonyl (C=O) groups excluding carboxylic acids is 1. The molecule has 0 saturated carbocycles. The van der Waals surface area contributed by atoms with Crippen LogP contribution in [0.15, 0.2) is 41.4 Å². The molecule has 1 amide bonds. The van der Waals surface area contributed by atoms with E-state index in [9.17, 15) is 9.59 Å². The van der Waals surface area contributed by atoms with Crippen LogP contribution in [0, 0.1) is 6.92 Å². The van der Waals surface area contributed by atoms with Crippen LogP contribution in [0.4, 0.5) is 5.69 Å². The first-order valence-corrected chi connectivity index (χ1v) is 8.56. The van der Waals surface area contributed by atoms with Gasteiger partial charge in [-0.1, -0.05) is 13.8 Å². The number of hydrogen-bond donors (Lipinski definition) is 2. The number of aryl methyl sites for hydroxylation is 1. The molecular formula is C18H20N2O3S. The molecule has 5 nitrogen and oxygen atoms in total. The number of amides is 1. The van der Waals surface area contributed by atoms with E-state index in [-0.39, 0.29) is 11.6 Å². The van der Waals surface area contributed by atoms with Gasteiger partial charge in [-0.25, -0.2) is 9.78 Å². The fourth-order valence-electron chi connectivity index (χ4n) is 2.01. The molecule has 2 aromatic rings. The Morgan fingerprint density at radius 1 is 1.29 bits per heavy atom. The second-order valence-corrected chi connectivity index (χ2v) is 7.02. The van der Waals surface area contributed by atoms with Gasteiger partial charge in [-0.2, -0.15) is 0 Å². The number of anilines is 1. The average molecular weight is 344 g/mol. The predicted octanol–water partition coefficient (Wildman–Crippen LogP) is 4.23. The minimum Gasteiger partial charge on any atom is -0.477 e. The Morgan fingerprint density at radius 2 is 2.04 bits per heavy atom. The largest absolute Gasteiger partial charge is 0.477 e. The predicted molar refractivity (Wildman–Crippen MR) is 95.9 cm³/mol. The van der Waals surface area contributed by atoms with Gasteiger partial charge in [0, 0.05) is 22.0 Å². The molecule has 0 saturated heterocycles. The van der Waals surface area contributed by atoms with E-state index in [1.165, 1.54) is 23.2 Å². The van der Waals surface area contributed by atoms with E-state index in [1.807, 2.05) is 30.8 Å². The molecular weight excluding hydrogens is 324 g/mol. The number of benzene rings is 1. The molecule has 6 heteroatoms. The van der Waals surface area contributed by atoms with Gasteiger partial charge in [0.2, 0.25) is 0 Å². The van der Waals surface area contributed by atoms with E-state index in [1.54, 1.807) is 0 Å². The SMILES string of the molecule is CCC(C)Sc1ccc(NC(=O)c2ccc(C(=O)O)nc2)c(C)c1. The summed E-state index contributed by atoms with van der Waals surface area (Å²) in [6.07, 6.45) is 2.36. The molecule has 0 bridgehead atoms. The fourth-order valence-corrected chi connectivity index (χ4v) is 3.04. The van der Waals surface area contributed by atoms with Crippen molar-refractivity contribution in [3.8, 4) is 0 Å². The summed E-state index contributed by atoms with van der Waals surface area (Å²) in [5.74, 6) is -1.43. The van der Waals surface area contributed by atoms with Crippen LogP contribution in [0.5, 0.6) is 0 Å². The molecule has 1 aromatic carbocycles. The third-order valence-electron chi connectivity index (χ3n) is 3.60. The molecule has 0 spiro atoms. The molecule has 24 heavy (non-hydrogen) atoms. The van der Waals surface area contributed by atoms with Crippen molar-refractivity contribution < 1.29 is 14.7 Å². The van der Waals surface area contributed by atoms with Crippen LogP contribution in [0.1, 0.15) is 46.7 Å². The smallest absolute Gasteiger partial charge is 0.354 e. The summed E-state index contributed by atoms with van der Waals surface area (Å²) in [5.41, 5.74) is 1.94. The molecule has 1 aromatic heterocycles. The summed E-state index contributed by atoms with van der Waals surface area (Å²) >= 11 is 1.81. The quantitative estimate of drug-likeness (QED) is 0.767. The van der Waals surface area contributed by atoms with Crippen molar-refractivity contribution >= 4 is 29.3 Å².